The van der Waals surface area contributed by atoms with Crippen molar-refractivity contribution < 1.29 is 4.39 Å². The van der Waals surface area contributed by atoms with Gasteiger partial charge in [-0.2, -0.15) is 0 Å². The molecule has 0 aliphatic carbocycles. The van der Waals surface area contributed by atoms with Crippen LogP contribution in [0.1, 0.15) is 23.9 Å². The van der Waals surface area contributed by atoms with Crippen molar-refractivity contribution >= 4 is 17.2 Å². The van der Waals surface area contributed by atoms with Crippen molar-refractivity contribution in [2.75, 3.05) is 11.4 Å². The lowest BCUT2D eigenvalue weighted by atomic mass is 10.1. The third-order valence-corrected chi connectivity index (χ3v) is 3.30. The molecule has 0 aliphatic heterocycles. The Hall–Kier alpha value is -2.43. The maximum absolute atomic E-state index is 13.5. The molecular formula is C16H19FN4. The Kier molecular flexibility index (Phi) is 4.21. The van der Waals surface area contributed by atoms with E-state index in [9.17, 15) is 4.39 Å². The Morgan fingerprint density at radius 2 is 2.05 bits per heavy atom. The molecule has 4 nitrogen and oxygen atoms in total. The van der Waals surface area contributed by atoms with Crippen LogP contribution >= 0.6 is 0 Å². The van der Waals surface area contributed by atoms with Crippen LogP contribution in [0.2, 0.25) is 0 Å². The van der Waals surface area contributed by atoms with Crippen molar-refractivity contribution in [3.05, 3.63) is 53.1 Å². The zero-order chi connectivity index (χ0) is 15.6. The van der Waals surface area contributed by atoms with Gasteiger partial charge >= 0.3 is 0 Å². The molecule has 0 bridgehead atoms. The van der Waals surface area contributed by atoms with Crippen molar-refractivity contribution in [1.29, 1.82) is 5.41 Å². The van der Waals surface area contributed by atoms with E-state index in [0.717, 1.165) is 17.1 Å². The van der Waals surface area contributed by atoms with Crippen molar-refractivity contribution in [3.8, 4) is 0 Å². The third kappa shape index (κ3) is 3.02. The minimum Gasteiger partial charge on any atom is -0.384 e. The minimum atomic E-state index is -0.294. The monoisotopic (exact) mass is 286 g/mol. The molecule has 1 aromatic carbocycles. The fourth-order valence-electron chi connectivity index (χ4n) is 2.49. The third-order valence-electron chi connectivity index (χ3n) is 3.30. The number of nitrogens with zero attached hydrogens (tertiary/aromatic N) is 2. The van der Waals surface area contributed by atoms with Gasteiger partial charge in [0.1, 0.15) is 11.7 Å². The standard InChI is InChI=1S/C16H19FN4/c1-4-21(13-7-5-6-12(17)9-13)14-8-10(2)20-11(3)15(14)16(18)19/h5-9H,4H2,1-3H3,(H3,18,19). The van der Waals surface area contributed by atoms with E-state index in [4.69, 9.17) is 11.1 Å². The van der Waals surface area contributed by atoms with Crippen LogP contribution in [0.4, 0.5) is 15.8 Å². The van der Waals surface area contributed by atoms with E-state index in [1.807, 2.05) is 37.8 Å². The normalized spacial score (nSPS) is 10.5. The van der Waals surface area contributed by atoms with Gasteiger partial charge in [-0.3, -0.25) is 10.4 Å². The molecule has 0 fully saturated rings. The highest BCUT2D eigenvalue weighted by Crippen LogP contribution is 2.30. The maximum atomic E-state index is 13.5. The molecular weight excluding hydrogens is 267 g/mol. The Bertz CT molecular complexity index is 682. The number of aryl methyl sites for hydroxylation is 2. The molecule has 0 amide bonds. The first-order valence-corrected chi connectivity index (χ1v) is 6.79. The average molecular weight is 286 g/mol. The number of nitrogens with two attached hydrogens (primary N) is 1. The molecule has 2 rings (SSSR count). The number of amidine groups is 1. The second-order valence-corrected chi connectivity index (χ2v) is 4.88. The fraction of sp³-hybridized carbons (Fsp3) is 0.250. The highest BCUT2D eigenvalue weighted by atomic mass is 19.1. The van der Waals surface area contributed by atoms with Gasteiger partial charge in [-0.15, -0.1) is 0 Å². The summed E-state index contributed by atoms with van der Waals surface area (Å²) in [6, 6.07) is 8.26. The molecule has 3 N–H and O–H groups in total. The van der Waals surface area contributed by atoms with Gasteiger partial charge in [0.05, 0.1) is 16.9 Å². The number of hydrogen-bond donors (Lipinski definition) is 2. The molecule has 21 heavy (non-hydrogen) atoms. The van der Waals surface area contributed by atoms with Gasteiger partial charge in [0.15, 0.2) is 0 Å². The number of anilines is 2. The quantitative estimate of drug-likeness (QED) is 0.669. The summed E-state index contributed by atoms with van der Waals surface area (Å²) in [7, 11) is 0. The van der Waals surface area contributed by atoms with Crippen molar-refractivity contribution in [2.45, 2.75) is 20.8 Å². The molecule has 0 radical (unpaired) electrons. The van der Waals surface area contributed by atoms with Gasteiger partial charge in [-0.1, -0.05) is 6.07 Å². The molecule has 0 unspecified atom stereocenters. The number of halogens is 1. The Labute approximate surface area is 123 Å². The molecule has 2 aromatic rings. The van der Waals surface area contributed by atoms with Gasteiger partial charge in [0.25, 0.3) is 0 Å². The maximum Gasteiger partial charge on any atom is 0.126 e. The molecule has 110 valence electrons. The number of aromatic nitrogens is 1. The summed E-state index contributed by atoms with van der Waals surface area (Å²) >= 11 is 0. The lowest BCUT2D eigenvalue weighted by molar-refractivity contribution is 0.627. The molecule has 0 saturated heterocycles. The zero-order valence-corrected chi connectivity index (χ0v) is 12.4. The van der Waals surface area contributed by atoms with Crippen LogP contribution < -0.4 is 10.6 Å². The lowest BCUT2D eigenvalue weighted by Gasteiger charge is -2.26. The Balaban J connectivity index is 2.65. The van der Waals surface area contributed by atoms with Crippen molar-refractivity contribution in [3.63, 3.8) is 0 Å². The van der Waals surface area contributed by atoms with Crippen LogP contribution in [0, 0.1) is 25.1 Å². The number of hydrogen-bond acceptors (Lipinski definition) is 3. The first-order valence-electron chi connectivity index (χ1n) is 6.79. The van der Waals surface area contributed by atoms with Crippen LogP contribution in [0.25, 0.3) is 0 Å². The SMILES string of the molecule is CCN(c1cccc(F)c1)c1cc(C)nc(C)c1C(=N)N. The number of rotatable bonds is 4. The predicted octanol–water partition coefficient (Wildman–Crippen LogP) is 3.28. The Morgan fingerprint density at radius 1 is 1.33 bits per heavy atom. The Morgan fingerprint density at radius 3 is 2.62 bits per heavy atom. The van der Waals surface area contributed by atoms with E-state index >= 15 is 0 Å². The number of benzene rings is 1. The van der Waals surface area contributed by atoms with E-state index in [-0.39, 0.29) is 11.7 Å². The van der Waals surface area contributed by atoms with Crippen LogP contribution in [0.15, 0.2) is 30.3 Å². The molecule has 5 heteroatoms. The van der Waals surface area contributed by atoms with Crippen LogP contribution in [-0.4, -0.2) is 17.4 Å². The van der Waals surface area contributed by atoms with Gasteiger partial charge in [-0.25, -0.2) is 4.39 Å². The average Bonchev–Trinajstić information content (AvgIpc) is 2.38. The van der Waals surface area contributed by atoms with E-state index in [1.165, 1.54) is 12.1 Å². The number of pyridine rings is 1. The molecule has 0 atom stereocenters. The second-order valence-electron chi connectivity index (χ2n) is 4.88. The number of nitrogen functional groups attached to an aromatic ring is 1. The van der Waals surface area contributed by atoms with Gasteiger partial charge < -0.3 is 10.6 Å². The molecule has 1 aromatic heterocycles. The van der Waals surface area contributed by atoms with Gasteiger partial charge in [-0.05, 0) is 45.0 Å². The predicted molar refractivity (Wildman–Crippen MR) is 83.8 cm³/mol. The summed E-state index contributed by atoms with van der Waals surface area (Å²) in [6.07, 6.45) is 0. The minimum absolute atomic E-state index is 0.0372. The second kappa shape index (κ2) is 5.91. The summed E-state index contributed by atoms with van der Waals surface area (Å²) in [5.41, 5.74) is 9.34. The molecule has 0 spiro atoms. The van der Waals surface area contributed by atoms with E-state index < -0.39 is 0 Å². The summed E-state index contributed by atoms with van der Waals surface area (Å²) in [5, 5.41) is 7.80. The highest BCUT2D eigenvalue weighted by Gasteiger charge is 2.17. The van der Waals surface area contributed by atoms with E-state index in [1.54, 1.807) is 6.07 Å². The molecule has 1 heterocycles. The van der Waals surface area contributed by atoms with E-state index in [0.29, 0.717) is 17.8 Å². The summed E-state index contributed by atoms with van der Waals surface area (Å²) < 4.78 is 13.5. The van der Waals surface area contributed by atoms with Crippen LogP contribution in [0.5, 0.6) is 0 Å². The van der Waals surface area contributed by atoms with Crippen LogP contribution in [-0.2, 0) is 0 Å². The molecule has 0 aliphatic rings. The summed E-state index contributed by atoms with van der Waals surface area (Å²) in [4.78, 5) is 6.29. The lowest BCUT2D eigenvalue weighted by Crippen LogP contribution is -2.23. The van der Waals surface area contributed by atoms with Crippen LogP contribution in [0.3, 0.4) is 0 Å². The summed E-state index contributed by atoms with van der Waals surface area (Å²) in [6.45, 7) is 6.32. The number of nitrogens with one attached hydrogen (secondary N) is 1. The van der Waals surface area contributed by atoms with Gasteiger partial charge in [0.2, 0.25) is 0 Å². The first kappa shape index (κ1) is 15.0. The smallest absolute Gasteiger partial charge is 0.126 e. The fourth-order valence-corrected chi connectivity index (χ4v) is 2.49. The van der Waals surface area contributed by atoms with Crippen molar-refractivity contribution in [2.24, 2.45) is 5.73 Å². The highest BCUT2D eigenvalue weighted by molar-refractivity contribution is 6.02. The first-order chi connectivity index (χ1) is 9.93. The molecule has 0 saturated carbocycles. The largest absolute Gasteiger partial charge is 0.384 e. The van der Waals surface area contributed by atoms with Crippen molar-refractivity contribution in [1.82, 2.24) is 4.98 Å². The topological polar surface area (TPSA) is 66.0 Å². The van der Waals surface area contributed by atoms with Gasteiger partial charge in [0, 0.05) is 17.9 Å². The summed E-state index contributed by atoms with van der Waals surface area (Å²) in [5.74, 6) is -0.331. The zero-order valence-electron chi connectivity index (χ0n) is 12.4. The van der Waals surface area contributed by atoms with E-state index in [2.05, 4.69) is 4.98 Å².